The lowest BCUT2D eigenvalue weighted by molar-refractivity contribution is -0.184. The van der Waals surface area contributed by atoms with Gasteiger partial charge in [0, 0.05) is 33.8 Å². The van der Waals surface area contributed by atoms with E-state index >= 15 is 0 Å². The zero-order valence-electron chi connectivity index (χ0n) is 16.4. The lowest BCUT2D eigenvalue weighted by Gasteiger charge is -2.33. The smallest absolute Gasteiger partial charge is 0.362 e. The normalized spacial score (nSPS) is 23.3. The van der Waals surface area contributed by atoms with E-state index in [9.17, 15) is 18.0 Å². The number of aromatic nitrogens is 1. The predicted octanol–water partition coefficient (Wildman–Crippen LogP) is 4.01. The van der Waals surface area contributed by atoms with Gasteiger partial charge in [0.05, 0.1) is 0 Å². The summed E-state index contributed by atoms with van der Waals surface area (Å²) in [5.41, 5.74) is 0.982. The Bertz CT molecular complexity index is 1030. The molecule has 2 atom stereocenters. The second-order valence-electron chi connectivity index (χ2n) is 7.62. The molecule has 2 unspecified atom stereocenters. The van der Waals surface area contributed by atoms with Gasteiger partial charge in [-0.05, 0) is 42.3 Å². The van der Waals surface area contributed by atoms with E-state index < -0.39 is 17.6 Å². The predicted molar refractivity (Wildman–Crippen MR) is 123 cm³/mol. The number of rotatable bonds is 4. The van der Waals surface area contributed by atoms with Gasteiger partial charge in [0.2, 0.25) is 0 Å². The molecule has 2 aliphatic rings. The van der Waals surface area contributed by atoms with Crippen LogP contribution < -0.4 is 15.7 Å². The summed E-state index contributed by atoms with van der Waals surface area (Å²) in [6.45, 7) is 0.107. The Labute approximate surface area is 204 Å². The number of alkyl halides is 3. The quantitative estimate of drug-likeness (QED) is 0.522. The minimum absolute atomic E-state index is 0.0837. The van der Waals surface area contributed by atoms with Gasteiger partial charge in [0.15, 0.2) is 0 Å². The first kappa shape index (κ1) is 23.4. The van der Waals surface area contributed by atoms with E-state index in [1.165, 1.54) is 18.3 Å². The van der Waals surface area contributed by atoms with Crippen molar-refractivity contribution in [3.8, 4) is 0 Å². The van der Waals surface area contributed by atoms with Gasteiger partial charge in [0.25, 0.3) is 5.91 Å². The molecule has 0 saturated carbocycles. The number of carbonyl (C=O) groups excluding carboxylic acids is 1. The lowest BCUT2D eigenvalue weighted by atomic mass is 9.79. The van der Waals surface area contributed by atoms with Crippen LogP contribution in [0.1, 0.15) is 17.5 Å². The largest absolute Gasteiger partial charge is 0.400 e. The van der Waals surface area contributed by atoms with Gasteiger partial charge in [0.1, 0.15) is 28.9 Å². The zero-order valence-corrected chi connectivity index (χ0v) is 20.4. The molecule has 2 aromatic rings. The van der Waals surface area contributed by atoms with Gasteiger partial charge in [-0.1, -0.05) is 44.1 Å². The Morgan fingerprint density at radius 2 is 2.00 bits per heavy atom. The number of nitrogens with one attached hydrogen (secondary N) is 2. The molecule has 1 aromatic heterocycles. The molecule has 6 nitrogen and oxygen atoms in total. The Kier molecular flexibility index (Phi) is 6.49. The third-order valence-electron chi connectivity index (χ3n) is 5.61. The maximum absolute atomic E-state index is 14.3. The number of hydrogen-bond donors (Lipinski definition) is 2. The number of hydroxylamine groups is 1. The SMILES string of the molecule is O=C1NOCC1NC(=S)c1ccc(N2CCC(c3cc(Br)cc(Br)c3)(C(F)(F)F)C2)nc1. The van der Waals surface area contributed by atoms with Crippen LogP contribution in [-0.2, 0) is 15.0 Å². The molecule has 0 aliphatic carbocycles. The minimum Gasteiger partial charge on any atom is -0.362 e. The first-order chi connectivity index (χ1) is 15.1. The zero-order chi connectivity index (χ0) is 23.1. The van der Waals surface area contributed by atoms with Crippen LogP contribution in [0.5, 0.6) is 0 Å². The molecule has 2 N–H and O–H groups in total. The number of benzene rings is 1. The molecule has 2 saturated heterocycles. The van der Waals surface area contributed by atoms with Crippen LogP contribution in [0.25, 0.3) is 0 Å². The van der Waals surface area contributed by atoms with Gasteiger partial charge < -0.3 is 10.2 Å². The van der Waals surface area contributed by atoms with E-state index in [2.05, 4.69) is 47.6 Å². The Morgan fingerprint density at radius 1 is 1.28 bits per heavy atom. The summed E-state index contributed by atoms with van der Waals surface area (Å²) in [7, 11) is 0. The summed E-state index contributed by atoms with van der Waals surface area (Å²) in [4.78, 5) is 22.7. The summed E-state index contributed by atoms with van der Waals surface area (Å²) in [6.07, 6.45) is -3.03. The van der Waals surface area contributed by atoms with Gasteiger partial charge in [-0.25, -0.2) is 10.5 Å². The highest BCUT2D eigenvalue weighted by atomic mass is 79.9. The summed E-state index contributed by atoms with van der Waals surface area (Å²) in [6, 6.07) is 7.46. The lowest BCUT2D eigenvalue weighted by Crippen LogP contribution is -2.45. The third-order valence-corrected chi connectivity index (χ3v) is 6.87. The van der Waals surface area contributed by atoms with Crippen molar-refractivity contribution in [2.45, 2.75) is 24.1 Å². The molecule has 2 aliphatic heterocycles. The molecule has 1 amide bonds. The van der Waals surface area contributed by atoms with Crippen molar-refractivity contribution in [2.75, 3.05) is 24.6 Å². The fraction of sp³-hybridized carbons (Fsp3) is 0.350. The van der Waals surface area contributed by atoms with Gasteiger partial charge in [-0.3, -0.25) is 9.63 Å². The molecule has 0 radical (unpaired) electrons. The monoisotopic (exact) mass is 592 g/mol. The van der Waals surface area contributed by atoms with Crippen LogP contribution in [0.2, 0.25) is 0 Å². The number of carbonyl (C=O) groups is 1. The Balaban J connectivity index is 1.53. The van der Waals surface area contributed by atoms with E-state index in [-0.39, 0.29) is 37.6 Å². The maximum Gasteiger partial charge on any atom is 0.400 e. The topological polar surface area (TPSA) is 66.5 Å². The maximum atomic E-state index is 14.3. The molecule has 3 heterocycles. The number of anilines is 1. The van der Waals surface area contributed by atoms with Crippen LogP contribution in [0, 0.1) is 0 Å². The molecule has 2 fully saturated rings. The first-order valence-corrected chi connectivity index (χ1v) is 11.6. The van der Waals surface area contributed by atoms with Crippen molar-refractivity contribution in [2.24, 2.45) is 0 Å². The fourth-order valence-corrected chi connectivity index (χ4v) is 5.42. The highest BCUT2D eigenvalue weighted by Crippen LogP contribution is 2.49. The van der Waals surface area contributed by atoms with E-state index in [1.54, 1.807) is 23.1 Å². The molecule has 0 bridgehead atoms. The Morgan fingerprint density at radius 3 is 2.56 bits per heavy atom. The summed E-state index contributed by atoms with van der Waals surface area (Å²) < 4.78 is 44.1. The number of nitrogens with zero attached hydrogens (tertiary/aromatic N) is 2. The van der Waals surface area contributed by atoms with E-state index in [0.29, 0.717) is 25.3 Å². The number of halogens is 5. The standard InChI is InChI=1S/C20H17Br2F3N4O2S/c21-13-5-12(6-14(22)7-13)19(20(23,24)25)3-4-29(10-19)16-2-1-11(8-26-16)18(32)27-15-9-31-28-17(15)30/h1-2,5-8,15H,3-4,9-10H2,(H,27,32)(H,28,30). The molecule has 4 rings (SSSR count). The van der Waals surface area contributed by atoms with Crippen molar-refractivity contribution in [3.63, 3.8) is 0 Å². The van der Waals surface area contributed by atoms with Crippen LogP contribution in [0.15, 0.2) is 45.5 Å². The van der Waals surface area contributed by atoms with Crippen molar-refractivity contribution in [3.05, 3.63) is 56.6 Å². The number of amides is 1. The summed E-state index contributed by atoms with van der Waals surface area (Å²) >= 11 is 11.9. The second kappa shape index (κ2) is 8.88. The molecular formula is C20H17Br2F3N4O2S. The van der Waals surface area contributed by atoms with Crippen molar-refractivity contribution < 1.29 is 22.8 Å². The van der Waals surface area contributed by atoms with Crippen molar-refractivity contribution in [1.29, 1.82) is 0 Å². The Hall–Kier alpha value is -1.76. The molecular weight excluding hydrogens is 577 g/mol. The average molecular weight is 594 g/mol. The molecule has 12 heteroatoms. The highest BCUT2D eigenvalue weighted by molar-refractivity contribution is 9.11. The van der Waals surface area contributed by atoms with E-state index in [1.807, 2.05) is 0 Å². The minimum atomic E-state index is -4.43. The van der Waals surface area contributed by atoms with E-state index in [4.69, 9.17) is 17.1 Å². The summed E-state index contributed by atoms with van der Waals surface area (Å²) in [5, 5.41) is 2.88. The van der Waals surface area contributed by atoms with Crippen LogP contribution in [0.4, 0.5) is 19.0 Å². The van der Waals surface area contributed by atoms with Crippen molar-refractivity contribution >= 4 is 60.8 Å². The van der Waals surface area contributed by atoms with E-state index in [0.717, 1.165) is 0 Å². The number of hydrogen-bond acceptors (Lipinski definition) is 5. The molecule has 32 heavy (non-hydrogen) atoms. The van der Waals surface area contributed by atoms with Crippen LogP contribution >= 0.6 is 44.1 Å². The highest BCUT2D eigenvalue weighted by Gasteiger charge is 2.59. The van der Waals surface area contributed by atoms with Gasteiger partial charge in [-0.2, -0.15) is 13.2 Å². The number of thiocarbonyl (C=S) groups is 1. The average Bonchev–Trinajstić information content (AvgIpc) is 3.35. The first-order valence-electron chi connectivity index (χ1n) is 9.56. The van der Waals surface area contributed by atoms with Gasteiger partial charge in [-0.15, -0.1) is 0 Å². The van der Waals surface area contributed by atoms with Crippen LogP contribution in [-0.4, -0.2) is 47.8 Å². The van der Waals surface area contributed by atoms with Crippen molar-refractivity contribution in [1.82, 2.24) is 15.8 Å². The molecule has 170 valence electrons. The second-order valence-corrected chi connectivity index (χ2v) is 9.86. The third kappa shape index (κ3) is 4.50. The molecule has 0 spiro atoms. The molecule has 1 aromatic carbocycles. The summed E-state index contributed by atoms with van der Waals surface area (Å²) in [5.74, 6) is 0.107. The van der Waals surface area contributed by atoms with Gasteiger partial charge >= 0.3 is 6.18 Å². The number of pyridine rings is 1. The van der Waals surface area contributed by atoms with Crippen LogP contribution in [0.3, 0.4) is 0 Å². The fourth-order valence-electron chi connectivity index (χ4n) is 3.87.